The number of methoxy groups -OCH3 is 1. The van der Waals surface area contributed by atoms with E-state index in [1.165, 1.54) is 16.7 Å². The number of benzene rings is 2. The Labute approximate surface area is 185 Å². The molecule has 0 bridgehead atoms. The van der Waals surface area contributed by atoms with Crippen molar-refractivity contribution in [2.45, 2.75) is 13.3 Å². The SMILES string of the molecule is CCOc1ccc(NC(=O)CCN2C(=O)/C(=C/c3ccccc3OC)SC2=S)cc1. The zero-order valence-electron chi connectivity index (χ0n) is 16.7. The first-order valence-corrected chi connectivity index (χ1v) is 10.7. The summed E-state index contributed by atoms with van der Waals surface area (Å²) in [6.45, 7) is 2.72. The van der Waals surface area contributed by atoms with Gasteiger partial charge in [-0.1, -0.05) is 42.2 Å². The number of nitrogens with zero attached hydrogens (tertiary/aromatic N) is 1. The molecule has 8 heteroatoms. The molecule has 2 amide bonds. The largest absolute Gasteiger partial charge is 0.496 e. The minimum Gasteiger partial charge on any atom is -0.496 e. The molecule has 2 aromatic rings. The minimum atomic E-state index is -0.204. The molecule has 0 spiro atoms. The maximum Gasteiger partial charge on any atom is 0.266 e. The summed E-state index contributed by atoms with van der Waals surface area (Å²) in [5, 5.41) is 2.82. The molecule has 6 nitrogen and oxygen atoms in total. The van der Waals surface area contributed by atoms with Crippen LogP contribution in [-0.2, 0) is 9.59 Å². The Hall–Kier alpha value is -2.84. The minimum absolute atomic E-state index is 0.140. The maximum atomic E-state index is 12.8. The second kappa shape index (κ2) is 10.3. The number of amides is 2. The lowest BCUT2D eigenvalue weighted by atomic mass is 10.2. The second-order valence-corrected chi connectivity index (χ2v) is 8.01. The van der Waals surface area contributed by atoms with Crippen LogP contribution < -0.4 is 14.8 Å². The van der Waals surface area contributed by atoms with Gasteiger partial charge in [0.15, 0.2) is 0 Å². The topological polar surface area (TPSA) is 67.9 Å². The van der Waals surface area contributed by atoms with Crippen LogP contribution in [0.2, 0.25) is 0 Å². The predicted molar refractivity (Wildman–Crippen MR) is 124 cm³/mol. The van der Waals surface area contributed by atoms with Crippen LogP contribution in [-0.4, -0.2) is 41.3 Å². The van der Waals surface area contributed by atoms with Crippen molar-refractivity contribution in [2.75, 3.05) is 25.6 Å². The third-order valence-electron chi connectivity index (χ3n) is 4.31. The van der Waals surface area contributed by atoms with Crippen LogP contribution in [0.3, 0.4) is 0 Å². The normalized spacial score (nSPS) is 14.9. The predicted octanol–water partition coefficient (Wildman–Crippen LogP) is 4.32. The van der Waals surface area contributed by atoms with E-state index in [0.717, 1.165) is 11.3 Å². The van der Waals surface area contributed by atoms with E-state index in [1.54, 1.807) is 37.5 Å². The van der Waals surface area contributed by atoms with Gasteiger partial charge in [-0.15, -0.1) is 0 Å². The van der Waals surface area contributed by atoms with Crippen molar-refractivity contribution in [1.82, 2.24) is 4.90 Å². The Bertz CT molecular complexity index is 973. The van der Waals surface area contributed by atoms with Crippen LogP contribution in [0.15, 0.2) is 53.4 Å². The summed E-state index contributed by atoms with van der Waals surface area (Å²) in [6, 6.07) is 14.6. The Kier molecular flexibility index (Phi) is 7.48. The number of nitrogens with one attached hydrogen (secondary N) is 1. The lowest BCUT2D eigenvalue weighted by Gasteiger charge is -2.14. The van der Waals surface area contributed by atoms with E-state index in [2.05, 4.69) is 5.32 Å². The van der Waals surface area contributed by atoms with Crippen LogP contribution >= 0.6 is 24.0 Å². The average molecular weight is 443 g/mol. The van der Waals surface area contributed by atoms with Gasteiger partial charge in [-0.05, 0) is 43.3 Å². The van der Waals surface area contributed by atoms with Crippen LogP contribution in [0.1, 0.15) is 18.9 Å². The first kappa shape index (κ1) is 21.9. The highest BCUT2D eigenvalue weighted by molar-refractivity contribution is 8.26. The molecule has 0 aliphatic carbocycles. The van der Waals surface area contributed by atoms with Gasteiger partial charge in [0.25, 0.3) is 5.91 Å². The number of thioether (sulfide) groups is 1. The number of ether oxygens (including phenoxy) is 2. The van der Waals surface area contributed by atoms with E-state index in [0.29, 0.717) is 27.3 Å². The average Bonchev–Trinajstić information content (AvgIpc) is 3.01. The number of para-hydroxylation sites is 1. The first-order chi connectivity index (χ1) is 14.5. The van der Waals surface area contributed by atoms with Gasteiger partial charge >= 0.3 is 0 Å². The fourth-order valence-corrected chi connectivity index (χ4v) is 4.16. The molecule has 0 atom stereocenters. The van der Waals surface area contributed by atoms with Crippen LogP contribution in [0.5, 0.6) is 11.5 Å². The number of hydrogen-bond donors (Lipinski definition) is 1. The molecule has 1 N–H and O–H groups in total. The summed E-state index contributed by atoms with van der Waals surface area (Å²) in [7, 11) is 1.58. The van der Waals surface area contributed by atoms with Crippen molar-refractivity contribution >= 4 is 51.9 Å². The lowest BCUT2D eigenvalue weighted by molar-refractivity contribution is -0.122. The van der Waals surface area contributed by atoms with Gasteiger partial charge in [-0.2, -0.15) is 0 Å². The number of rotatable bonds is 8. The van der Waals surface area contributed by atoms with Gasteiger partial charge in [-0.3, -0.25) is 14.5 Å². The molecule has 30 heavy (non-hydrogen) atoms. The summed E-state index contributed by atoms with van der Waals surface area (Å²) in [4.78, 5) is 27.0. The van der Waals surface area contributed by atoms with E-state index in [1.807, 2.05) is 31.2 Å². The maximum absolute atomic E-state index is 12.8. The number of carbonyl (C=O) groups excluding carboxylic acids is 2. The number of hydrogen-bond acceptors (Lipinski definition) is 6. The number of thiocarbonyl (C=S) groups is 1. The molecule has 3 rings (SSSR count). The van der Waals surface area contributed by atoms with Crippen LogP contribution in [0, 0.1) is 0 Å². The third kappa shape index (κ3) is 5.40. The van der Waals surface area contributed by atoms with Gasteiger partial charge in [0, 0.05) is 24.2 Å². The van der Waals surface area contributed by atoms with Crippen molar-refractivity contribution in [3.05, 3.63) is 59.0 Å². The molecule has 1 aliphatic rings. The molecule has 156 valence electrons. The number of anilines is 1. The fourth-order valence-electron chi connectivity index (χ4n) is 2.86. The quantitative estimate of drug-likeness (QED) is 0.485. The van der Waals surface area contributed by atoms with Gasteiger partial charge in [0.05, 0.1) is 18.6 Å². The smallest absolute Gasteiger partial charge is 0.266 e. The molecule has 1 fully saturated rings. The molecular weight excluding hydrogens is 420 g/mol. The summed E-state index contributed by atoms with van der Waals surface area (Å²) < 4.78 is 11.2. The summed E-state index contributed by atoms with van der Waals surface area (Å²) in [5.41, 5.74) is 1.47. The molecule has 2 aromatic carbocycles. The van der Waals surface area contributed by atoms with Crippen molar-refractivity contribution in [3.63, 3.8) is 0 Å². The zero-order chi connectivity index (χ0) is 21.5. The molecule has 1 aliphatic heterocycles. The zero-order valence-corrected chi connectivity index (χ0v) is 18.3. The lowest BCUT2D eigenvalue weighted by Crippen LogP contribution is -2.31. The highest BCUT2D eigenvalue weighted by Gasteiger charge is 2.32. The highest BCUT2D eigenvalue weighted by atomic mass is 32.2. The van der Waals surface area contributed by atoms with Crippen molar-refractivity contribution < 1.29 is 19.1 Å². The second-order valence-electron chi connectivity index (χ2n) is 6.33. The molecule has 0 aromatic heterocycles. The van der Waals surface area contributed by atoms with Gasteiger partial charge in [0.1, 0.15) is 15.8 Å². The Morgan fingerprint density at radius 3 is 2.63 bits per heavy atom. The molecule has 1 saturated heterocycles. The first-order valence-electron chi connectivity index (χ1n) is 9.43. The third-order valence-corrected chi connectivity index (χ3v) is 5.69. The molecular formula is C22H22N2O4S2. The van der Waals surface area contributed by atoms with Gasteiger partial charge in [-0.25, -0.2) is 0 Å². The molecule has 0 saturated carbocycles. The van der Waals surface area contributed by atoms with E-state index in [9.17, 15) is 9.59 Å². The highest BCUT2D eigenvalue weighted by Crippen LogP contribution is 2.34. The summed E-state index contributed by atoms with van der Waals surface area (Å²) in [5.74, 6) is 1.03. The van der Waals surface area contributed by atoms with Crippen molar-refractivity contribution in [1.29, 1.82) is 0 Å². The summed E-state index contributed by atoms with van der Waals surface area (Å²) >= 11 is 6.57. The van der Waals surface area contributed by atoms with Gasteiger partial charge < -0.3 is 14.8 Å². The van der Waals surface area contributed by atoms with Crippen molar-refractivity contribution in [2.24, 2.45) is 0 Å². The number of carbonyl (C=O) groups is 2. The Morgan fingerprint density at radius 1 is 1.20 bits per heavy atom. The Balaban J connectivity index is 1.59. The van der Waals surface area contributed by atoms with Crippen LogP contribution in [0.4, 0.5) is 5.69 Å². The molecule has 0 unspecified atom stereocenters. The molecule has 1 heterocycles. The van der Waals surface area contributed by atoms with Crippen LogP contribution in [0.25, 0.3) is 6.08 Å². The molecule has 0 radical (unpaired) electrons. The fraction of sp³-hybridized carbons (Fsp3) is 0.227. The Morgan fingerprint density at radius 2 is 1.93 bits per heavy atom. The summed E-state index contributed by atoms with van der Waals surface area (Å²) in [6.07, 6.45) is 1.90. The van der Waals surface area contributed by atoms with Gasteiger partial charge in [0.2, 0.25) is 5.91 Å². The van der Waals surface area contributed by atoms with E-state index >= 15 is 0 Å². The van der Waals surface area contributed by atoms with Crippen molar-refractivity contribution in [3.8, 4) is 11.5 Å². The van der Waals surface area contributed by atoms with E-state index < -0.39 is 0 Å². The standard InChI is InChI=1S/C22H22N2O4S2/c1-3-28-17-10-8-16(9-11-17)23-20(25)12-13-24-21(26)19(30-22(24)29)14-15-6-4-5-7-18(15)27-2/h4-11,14H,3,12-13H2,1-2H3,(H,23,25)/b19-14-. The monoisotopic (exact) mass is 442 g/mol. The van der Waals surface area contributed by atoms with E-state index in [-0.39, 0.29) is 24.8 Å². The van der Waals surface area contributed by atoms with E-state index in [4.69, 9.17) is 21.7 Å².